The lowest BCUT2D eigenvalue weighted by atomic mass is 10.2. The fraction of sp³-hybridized carbons (Fsp3) is 0.500. The van der Waals surface area contributed by atoms with Gasteiger partial charge in [-0.15, -0.1) is 0 Å². The van der Waals surface area contributed by atoms with Gasteiger partial charge in [0.05, 0.1) is 10.5 Å². The van der Waals surface area contributed by atoms with Crippen molar-refractivity contribution in [3.05, 3.63) is 27.9 Å². The molecular weight excluding hydrogens is 250 g/mol. The van der Waals surface area contributed by atoms with Gasteiger partial charge in [-0.3, -0.25) is 10.1 Å². The second-order valence-electron chi connectivity index (χ2n) is 4.53. The summed E-state index contributed by atoms with van der Waals surface area (Å²) in [6, 6.07) is 1.08. The lowest BCUT2D eigenvalue weighted by molar-refractivity contribution is -0.384. The summed E-state index contributed by atoms with van der Waals surface area (Å²) in [6.45, 7) is 1.44. The molecule has 7 heteroatoms. The summed E-state index contributed by atoms with van der Waals surface area (Å²) in [7, 11) is 0. The lowest BCUT2D eigenvalue weighted by Crippen LogP contribution is -2.26. The number of rotatable bonds is 3. The first-order chi connectivity index (χ1) is 9.09. The number of anilines is 1. The summed E-state index contributed by atoms with van der Waals surface area (Å²) in [4.78, 5) is 27.2. The average Bonchev–Trinajstić information content (AvgIpc) is 2.66. The van der Waals surface area contributed by atoms with Crippen LogP contribution in [0.5, 0.6) is 0 Å². The number of carboxylic acids is 1. The van der Waals surface area contributed by atoms with Gasteiger partial charge in [-0.2, -0.15) is 0 Å². The predicted octanol–water partition coefficient (Wildman–Crippen LogP) is 2.07. The molecule has 1 aliphatic rings. The van der Waals surface area contributed by atoms with E-state index in [1.807, 2.05) is 4.90 Å². The Bertz CT molecular complexity index is 496. The zero-order valence-corrected chi connectivity index (χ0v) is 10.4. The van der Waals surface area contributed by atoms with E-state index in [4.69, 9.17) is 5.11 Å². The molecule has 1 aliphatic heterocycles. The summed E-state index contributed by atoms with van der Waals surface area (Å²) in [5.41, 5.74) is -0.396. The Morgan fingerprint density at radius 1 is 1.32 bits per heavy atom. The Morgan fingerprint density at radius 3 is 2.47 bits per heavy atom. The second kappa shape index (κ2) is 5.64. The number of carbonyl (C=O) groups is 1. The zero-order valence-electron chi connectivity index (χ0n) is 10.4. The van der Waals surface area contributed by atoms with Crippen LogP contribution in [0.4, 0.5) is 11.5 Å². The van der Waals surface area contributed by atoms with Gasteiger partial charge in [-0.25, -0.2) is 9.78 Å². The van der Waals surface area contributed by atoms with Crippen molar-refractivity contribution < 1.29 is 14.8 Å². The quantitative estimate of drug-likeness (QED) is 0.663. The Hall–Kier alpha value is -2.18. The number of hydrogen-bond donors (Lipinski definition) is 1. The van der Waals surface area contributed by atoms with E-state index in [2.05, 4.69) is 4.98 Å². The van der Waals surface area contributed by atoms with Crippen LogP contribution < -0.4 is 4.90 Å². The first-order valence-corrected chi connectivity index (χ1v) is 6.22. The molecule has 7 nitrogen and oxygen atoms in total. The molecule has 1 fully saturated rings. The maximum absolute atomic E-state index is 11.1. The third kappa shape index (κ3) is 2.98. The van der Waals surface area contributed by atoms with E-state index in [-0.39, 0.29) is 17.1 Å². The highest BCUT2D eigenvalue weighted by Gasteiger charge is 2.24. The lowest BCUT2D eigenvalue weighted by Gasteiger charge is -2.20. The fourth-order valence-electron chi connectivity index (χ4n) is 2.22. The number of pyridine rings is 1. The highest BCUT2D eigenvalue weighted by molar-refractivity contribution is 5.88. The van der Waals surface area contributed by atoms with Crippen LogP contribution >= 0.6 is 0 Å². The van der Waals surface area contributed by atoms with Crippen LogP contribution in [0.15, 0.2) is 12.3 Å². The monoisotopic (exact) mass is 265 g/mol. The third-order valence-electron chi connectivity index (χ3n) is 3.20. The van der Waals surface area contributed by atoms with E-state index in [9.17, 15) is 14.9 Å². The number of hydrogen-bond acceptors (Lipinski definition) is 5. The molecule has 19 heavy (non-hydrogen) atoms. The Morgan fingerprint density at radius 2 is 1.95 bits per heavy atom. The molecule has 0 aromatic carbocycles. The summed E-state index contributed by atoms with van der Waals surface area (Å²) in [5, 5.41) is 19.9. The van der Waals surface area contributed by atoms with Crippen LogP contribution in [0.3, 0.4) is 0 Å². The van der Waals surface area contributed by atoms with Crippen molar-refractivity contribution in [2.24, 2.45) is 0 Å². The van der Waals surface area contributed by atoms with Gasteiger partial charge in [0.25, 0.3) is 0 Å². The van der Waals surface area contributed by atoms with Crippen LogP contribution in [0.2, 0.25) is 0 Å². The normalized spacial score (nSPS) is 15.9. The number of nitrogens with zero attached hydrogens (tertiary/aromatic N) is 3. The number of aromatic carboxylic acids is 1. The molecule has 0 saturated carbocycles. The molecule has 2 rings (SSSR count). The third-order valence-corrected chi connectivity index (χ3v) is 3.20. The highest BCUT2D eigenvalue weighted by Crippen LogP contribution is 2.28. The topological polar surface area (TPSA) is 96.6 Å². The molecule has 0 amide bonds. The fourth-order valence-corrected chi connectivity index (χ4v) is 2.22. The van der Waals surface area contributed by atoms with E-state index in [1.54, 1.807) is 0 Å². The van der Waals surface area contributed by atoms with E-state index >= 15 is 0 Å². The highest BCUT2D eigenvalue weighted by atomic mass is 16.6. The van der Waals surface area contributed by atoms with E-state index < -0.39 is 10.9 Å². The van der Waals surface area contributed by atoms with Gasteiger partial charge in [0.1, 0.15) is 0 Å². The molecule has 0 unspecified atom stereocenters. The minimum absolute atomic E-state index is 0.162. The molecule has 1 saturated heterocycles. The molecule has 2 heterocycles. The largest absolute Gasteiger partial charge is 0.478 e. The van der Waals surface area contributed by atoms with Gasteiger partial charge < -0.3 is 10.0 Å². The molecule has 1 aromatic rings. The van der Waals surface area contributed by atoms with Crippen LogP contribution in [-0.4, -0.2) is 34.1 Å². The molecule has 1 N–H and O–H groups in total. The van der Waals surface area contributed by atoms with Crippen molar-refractivity contribution in [1.82, 2.24) is 4.98 Å². The first kappa shape index (κ1) is 13.3. The number of nitro groups is 1. The minimum atomic E-state index is -1.21. The summed E-state index contributed by atoms with van der Waals surface area (Å²) in [5.74, 6) is -0.935. The minimum Gasteiger partial charge on any atom is -0.478 e. The Kier molecular flexibility index (Phi) is 3.94. The van der Waals surface area contributed by atoms with E-state index in [0.717, 1.165) is 44.8 Å². The van der Waals surface area contributed by atoms with Gasteiger partial charge in [0, 0.05) is 25.4 Å². The van der Waals surface area contributed by atoms with Gasteiger partial charge in [-0.1, -0.05) is 12.8 Å². The second-order valence-corrected chi connectivity index (χ2v) is 4.53. The van der Waals surface area contributed by atoms with Crippen molar-refractivity contribution in [2.75, 3.05) is 18.0 Å². The first-order valence-electron chi connectivity index (χ1n) is 6.22. The number of aromatic nitrogens is 1. The van der Waals surface area contributed by atoms with Gasteiger partial charge >= 0.3 is 11.7 Å². The average molecular weight is 265 g/mol. The standard InChI is InChI=1S/C12H15N3O4/c16-12(17)9-7-10(15(18)19)11(13-8-9)14-5-3-1-2-4-6-14/h7-8H,1-6H2,(H,16,17). The molecule has 0 radical (unpaired) electrons. The Balaban J connectivity index is 2.37. The Labute approximate surface area is 110 Å². The summed E-state index contributed by atoms with van der Waals surface area (Å²) < 4.78 is 0. The molecule has 0 spiro atoms. The predicted molar refractivity (Wildman–Crippen MR) is 68.5 cm³/mol. The van der Waals surface area contributed by atoms with E-state index in [0.29, 0.717) is 0 Å². The zero-order chi connectivity index (χ0) is 13.8. The molecule has 0 bridgehead atoms. The summed E-state index contributed by atoms with van der Waals surface area (Å²) >= 11 is 0. The maximum atomic E-state index is 11.1. The van der Waals surface area contributed by atoms with Crippen LogP contribution in [0, 0.1) is 10.1 Å². The molecule has 0 aliphatic carbocycles. The molecule has 102 valence electrons. The molecule has 1 aromatic heterocycles. The van der Waals surface area contributed by atoms with Crippen LogP contribution in [0.25, 0.3) is 0 Å². The van der Waals surface area contributed by atoms with E-state index in [1.165, 1.54) is 6.20 Å². The van der Waals surface area contributed by atoms with Crippen molar-refractivity contribution in [3.63, 3.8) is 0 Å². The molecule has 0 atom stereocenters. The van der Waals surface area contributed by atoms with Crippen molar-refractivity contribution >= 4 is 17.5 Å². The van der Waals surface area contributed by atoms with Crippen molar-refractivity contribution in [2.45, 2.75) is 25.7 Å². The summed E-state index contributed by atoms with van der Waals surface area (Å²) in [6.07, 6.45) is 5.34. The van der Waals surface area contributed by atoms with Gasteiger partial charge in [0.2, 0.25) is 5.82 Å². The van der Waals surface area contributed by atoms with Crippen LogP contribution in [0.1, 0.15) is 36.0 Å². The molecular formula is C12H15N3O4. The number of carboxylic acid groups (broad SMARTS) is 1. The smallest absolute Gasteiger partial charge is 0.337 e. The van der Waals surface area contributed by atoms with Gasteiger partial charge in [-0.05, 0) is 12.8 Å². The van der Waals surface area contributed by atoms with Gasteiger partial charge in [0.15, 0.2) is 0 Å². The van der Waals surface area contributed by atoms with Crippen molar-refractivity contribution in [1.29, 1.82) is 0 Å². The van der Waals surface area contributed by atoms with Crippen LogP contribution in [-0.2, 0) is 0 Å². The maximum Gasteiger partial charge on any atom is 0.337 e. The van der Waals surface area contributed by atoms with Crippen molar-refractivity contribution in [3.8, 4) is 0 Å². The SMILES string of the molecule is O=C(O)c1cnc(N2CCCCCC2)c([N+](=O)[O-])c1.